The number of pyridine rings is 1. The van der Waals surface area contributed by atoms with Gasteiger partial charge in [-0.1, -0.05) is 0 Å². The number of hydrogen-bond acceptors (Lipinski definition) is 6. The number of nitrogens with zero attached hydrogens (tertiary/aromatic N) is 2. The van der Waals surface area contributed by atoms with E-state index >= 15 is 0 Å². The zero-order valence-corrected chi connectivity index (χ0v) is 14.1. The van der Waals surface area contributed by atoms with Gasteiger partial charge in [-0.3, -0.25) is 9.78 Å². The minimum atomic E-state index is -0.549. The maximum Gasteiger partial charge on any atom is 0.266 e. The van der Waals surface area contributed by atoms with Crippen LogP contribution in [-0.4, -0.2) is 32.2 Å². The molecule has 1 heterocycles. The fraction of sp³-hybridized carbons (Fsp3) is 0.167. The summed E-state index contributed by atoms with van der Waals surface area (Å²) < 4.78 is 15.8. The number of aromatic nitrogens is 1. The van der Waals surface area contributed by atoms with E-state index in [1.807, 2.05) is 6.07 Å². The van der Waals surface area contributed by atoms with Crippen LogP contribution in [0.3, 0.4) is 0 Å². The number of nitriles is 1. The lowest BCUT2D eigenvalue weighted by Crippen LogP contribution is -2.13. The van der Waals surface area contributed by atoms with Crippen molar-refractivity contribution in [1.29, 1.82) is 5.26 Å². The van der Waals surface area contributed by atoms with Gasteiger partial charge in [0.05, 0.1) is 33.2 Å². The van der Waals surface area contributed by atoms with Crippen LogP contribution in [0.25, 0.3) is 6.08 Å². The molecule has 1 aromatic heterocycles. The van der Waals surface area contributed by atoms with Crippen LogP contribution in [0, 0.1) is 11.3 Å². The lowest BCUT2D eigenvalue weighted by Gasteiger charge is -2.12. The first-order chi connectivity index (χ1) is 12.1. The molecular formula is C18H17N3O4. The number of hydrogen-bond donors (Lipinski definition) is 1. The second kappa shape index (κ2) is 8.36. The maximum absolute atomic E-state index is 12.3. The van der Waals surface area contributed by atoms with Gasteiger partial charge in [0, 0.05) is 17.8 Å². The summed E-state index contributed by atoms with van der Waals surface area (Å²) in [5.41, 5.74) is 0.917. The molecule has 0 atom stereocenters. The van der Waals surface area contributed by atoms with E-state index < -0.39 is 5.91 Å². The van der Waals surface area contributed by atoms with Crippen molar-refractivity contribution in [2.75, 3.05) is 26.6 Å². The number of carbonyl (C=O) groups excluding carboxylic acids is 1. The normalized spacial score (nSPS) is 10.6. The number of benzene rings is 1. The summed E-state index contributed by atoms with van der Waals surface area (Å²) >= 11 is 0. The van der Waals surface area contributed by atoms with Crippen LogP contribution in [-0.2, 0) is 4.79 Å². The Morgan fingerprint density at radius 2 is 1.84 bits per heavy atom. The Morgan fingerprint density at radius 1 is 1.16 bits per heavy atom. The van der Waals surface area contributed by atoms with Gasteiger partial charge in [-0.05, 0) is 24.3 Å². The van der Waals surface area contributed by atoms with E-state index in [2.05, 4.69) is 10.3 Å². The van der Waals surface area contributed by atoms with Gasteiger partial charge in [-0.15, -0.1) is 0 Å². The molecule has 7 heteroatoms. The molecule has 128 valence electrons. The molecular weight excluding hydrogens is 322 g/mol. The van der Waals surface area contributed by atoms with Crippen molar-refractivity contribution in [2.45, 2.75) is 0 Å². The monoisotopic (exact) mass is 339 g/mol. The molecule has 0 spiro atoms. The highest BCUT2D eigenvalue weighted by molar-refractivity contribution is 6.09. The fourth-order valence-electron chi connectivity index (χ4n) is 2.10. The third-order valence-corrected chi connectivity index (χ3v) is 3.32. The molecule has 0 unspecified atom stereocenters. The first-order valence-electron chi connectivity index (χ1n) is 7.26. The van der Waals surface area contributed by atoms with Crippen LogP contribution in [0.2, 0.25) is 0 Å². The smallest absolute Gasteiger partial charge is 0.266 e. The van der Waals surface area contributed by atoms with Crippen LogP contribution in [0.15, 0.2) is 42.2 Å². The average molecular weight is 339 g/mol. The lowest BCUT2D eigenvalue weighted by atomic mass is 10.1. The maximum atomic E-state index is 12.3. The second-order valence-corrected chi connectivity index (χ2v) is 4.81. The highest BCUT2D eigenvalue weighted by Gasteiger charge is 2.14. The SMILES string of the molecule is COc1cc(OC)c(OC)cc1/C=C(\C#N)C(=O)Nc1cccnc1. The summed E-state index contributed by atoms with van der Waals surface area (Å²) in [4.78, 5) is 16.2. The van der Waals surface area contributed by atoms with Crippen LogP contribution in [0.4, 0.5) is 5.69 Å². The molecule has 0 saturated heterocycles. The predicted octanol–water partition coefficient (Wildman–Crippen LogP) is 2.65. The molecule has 1 aromatic carbocycles. The Hall–Kier alpha value is -3.53. The number of nitrogens with one attached hydrogen (secondary N) is 1. The highest BCUT2D eigenvalue weighted by atomic mass is 16.5. The van der Waals surface area contributed by atoms with E-state index in [0.29, 0.717) is 28.5 Å². The van der Waals surface area contributed by atoms with E-state index in [9.17, 15) is 10.1 Å². The molecule has 0 aliphatic carbocycles. The third kappa shape index (κ3) is 4.26. The Kier molecular flexibility index (Phi) is 5.96. The Labute approximate surface area is 145 Å². The summed E-state index contributed by atoms with van der Waals surface area (Å²) in [5, 5.41) is 11.9. The van der Waals surface area contributed by atoms with E-state index in [4.69, 9.17) is 14.2 Å². The number of ether oxygens (including phenoxy) is 3. The minimum Gasteiger partial charge on any atom is -0.496 e. The molecule has 0 fully saturated rings. The van der Waals surface area contributed by atoms with E-state index in [-0.39, 0.29) is 5.57 Å². The summed E-state index contributed by atoms with van der Waals surface area (Å²) in [6.07, 6.45) is 4.50. The van der Waals surface area contributed by atoms with E-state index in [1.165, 1.54) is 33.6 Å². The van der Waals surface area contributed by atoms with E-state index in [1.54, 1.807) is 30.5 Å². The van der Waals surface area contributed by atoms with Crippen molar-refractivity contribution in [1.82, 2.24) is 4.98 Å². The molecule has 2 rings (SSSR count). The van der Waals surface area contributed by atoms with Crippen molar-refractivity contribution in [3.63, 3.8) is 0 Å². The minimum absolute atomic E-state index is 0.0885. The van der Waals surface area contributed by atoms with Gasteiger partial charge in [-0.2, -0.15) is 5.26 Å². The molecule has 1 N–H and O–H groups in total. The van der Waals surface area contributed by atoms with Gasteiger partial charge in [0.25, 0.3) is 5.91 Å². The van der Waals surface area contributed by atoms with Crippen LogP contribution in [0.1, 0.15) is 5.56 Å². The number of rotatable bonds is 6. The summed E-state index contributed by atoms with van der Waals surface area (Å²) in [5.74, 6) is 0.834. The number of methoxy groups -OCH3 is 3. The zero-order valence-electron chi connectivity index (χ0n) is 14.1. The van der Waals surface area contributed by atoms with Crippen molar-refractivity contribution in [3.8, 4) is 23.3 Å². The first kappa shape index (κ1) is 17.8. The van der Waals surface area contributed by atoms with Crippen LogP contribution < -0.4 is 19.5 Å². The molecule has 0 radical (unpaired) electrons. The summed E-state index contributed by atoms with van der Waals surface area (Å²) in [7, 11) is 4.49. The zero-order chi connectivity index (χ0) is 18.2. The molecule has 0 aliphatic heterocycles. The summed E-state index contributed by atoms with van der Waals surface area (Å²) in [6.45, 7) is 0. The van der Waals surface area contributed by atoms with Crippen molar-refractivity contribution < 1.29 is 19.0 Å². The molecule has 0 bridgehead atoms. The van der Waals surface area contributed by atoms with Gasteiger partial charge in [0.1, 0.15) is 17.4 Å². The van der Waals surface area contributed by atoms with Gasteiger partial charge in [0.2, 0.25) is 0 Å². The van der Waals surface area contributed by atoms with Gasteiger partial charge in [0.15, 0.2) is 11.5 Å². The van der Waals surface area contributed by atoms with Gasteiger partial charge in [-0.25, -0.2) is 0 Å². The van der Waals surface area contributed by atoms with E-state index in [0.717, 1.165) is 0 Å². The Morgan fingerprint density at radius 3 is 2.40 bits per heavy atom. The Bertz CT molecular complexity index is 826. The lowest BCUT2D eigenvalue weighted by molar-refractivity contribution is -0.112. The number of carbonyl (C=O) groups is 1. The quantitative estimate of drug-likeness (QED) is 0.642. The predicted molar refractivity (Wildman–Crippen MR) is 92.6 cm³/mol. The fourth-order valence-corrected chi connectivity index (χ4v) is 2.10. The van der Waals surface area contributed by atoms with Gasteiger partial charge >= 0.3 is 0 Å². The van der Waals surface area contributed by atoms with Crippen LogP contribution >= 0.6 is 0 Å². The van der Waals surface area contributed by atoms with Crippen molar-refractivity contribution >= 4 is 17.7 Å². The number of anilines is 1. The topological polar surface area (TPSA) is 93.5 Å². The molecule has 7 nitrogen and oxygen atoms in total. The second-order valence-electron chi connectivity index (χ2n) is 4.81. The van der Waals surface area contributed by atoms with Crippen molar-refractivity contribution in [2.24, 2.45) is 0 Å². The average Bonchev–Trinajstić information content (AvgIpc) is 2.66. The number of amides is 1. The molecule has 2 aromatic rings. The molecule has 0 saturated carbocycles. The molecule has 1 amide bonds. The Balaban J connectivity index is 2.38. The summed E-state index contributed by atoms with van der Waals surface area (Å²) in [6, 6.07) is 8.50. The third-order valence-electron chi connectivity index (χ3n) is 3.32. The largest absolute Gasteiger partial charge is 0.496 e. The highest BCUT2D eigenvalue weighted by Crippen LogP contribution is 2.35. The molecule has 25 heavy (non-hydrogen) atoms. The molecule has 0 aliphatic rings. The first-order valence-corrected chi connectivity index (χ1v) is 7.26. The van der Waals surface area contributed by atoms with Gasteiger partial charge < -0.3 is 19.5 Å². The standard InChI is InChI=1S/C18H17N3O4/c1-23-15-9-17(25-3)16(24-2)8-12(15)7-13(10-19)18(22)21-14-5-4-6-20-11-14/h4-9,11H,1-3H3,(H,21,22)/b13-7+. The van der Waals surface area contributed by atoms with Crippen LogP contribution in [0.5, 0.6) is 17.2 Å². The van der Waals surface area contributed by atoms with Crippen molar-refractivity contribution in [3.05, 3.63) is 47.8 Å².